The Kier molecular flexibility index (Phi) is 5.54. The summed E-state index contributed by atoms with van der Waals surface area (Å²) >= 11 is 0. The predicted octanol–water partition coefficient (Wildman–Crippen LogP) is 3.28. The van der Waals surface area contributed by atoms with Crippen molar-refractivity contribution in [3.63, 3.8) is 0 Å². The third-order valence-electron chi connectivity index (χ3n) is 4.01. The molecule has 0 fully saturated rings. The first kappa shape index (κ1) is 17.9. The van der Waals surface area contributed by atoms with Crippen LogP contribution in [0.15, 0.2) is 29.5 Å². The topological polar surface area (TPSA) is 58.6 Å². The van der Waals surface area contributed by atoms with Gasteiger partial charge in [0, 0.05) is 23.9 Å². The van der Waals surface area contributed by atoms with E-state index in [0.29, 0.717) is 12.2 Å². The number of carbonyl (C=O) groups is 2. The van der Waals surface area contributed by atoms with Crippen LogP contribution in [-0.2, 0) is 9.53 Å². The van der Waals surface area contributed by atoms with Crippen molar-refractivity contribution in [2.75, 3.05) is 13.7 Å². The Bertz CT molecular complexity index is 688. The number of nitrogens with one attached hydrogen (secondary N) is 1. The number of hydrogen-bond acceptors (Lipinski definition) is 3. The normalized spacial score (nSPS) is 17.8. The lowest BCUT2D eigenvalue weighted by molar-refractivity contribution is -0.136. The molecule has 24 heavy (non-hydrogen) atoms. The Morgan fingerprint density at radius 1 is 1.38 bits per heavy atom. The van der Waals surface area contributed by atoms with Gasteiger partial charge in [0.1, 0.15) is 11.6 Å². The number of amides is 2. The van der Waals surface area contributed by atoms with Crippen molar-refractivity contribution < 1.29 is 23.1 Å². The van der Waals surface area contributed by atoms with Gasteiger partial charge in [0.15, 0.2) is 0 Å². The molecule has 1 aromatic rings. The van der Waals surface area contributed by atoms with Crippen LogP contribution in [0.25, 0.3) is 0 Å². The Morgan fingerprint density at radius 3 is 2.67 bits per heavy atom. The van der Waals surface area contributed by atoms with E-state index in [1.165, 1.54) is 18.1 Å². The highest BCUT2D eigenvalue weighted by atomic mass is 19.1. The van der Waals surface area contributed by atoms with E-state index in [1.54, 1.807) is 6.92 Å². The van der Waals surface area contributed by atoms with Gasteiger partial charge in [-0.1, -0.05) is 19.4 Å². The van der Waals surface area contributed by atoms with E-state index in [4.69, 9.17) is 4.74 Å². The van der Waals surface area contributed by atoms with Crippen LogP contribution in [0.4, 0.5) is 13.6 Å². The number of unbranched alkanes of at least 4 members (excludes halogenated alkanes) is 1. The molecule has 5 nitrogen and oxygen atoms in total. The Hall–Kier alpha value is -2.44. The molecule has 0 unspecified atom stereocenters. The van der Waals surface area contributed by atoms with Crippen LogP contribution in [0, 0.1) is 11.6 Å². The predicted molar refractivity (Wildman–Crippen MR) is 84.0 cm³/mol. The van der Waals surface area contributed by atoms with E-state index in [9.17, 15) is 18.4 Å². The van der Waals surface area contributed by atoms with Crippen LogP contribution in [-0.4, -0.2) is 30.6 Å². The van der Waals surface area contributed by atoms with Crippen LogP contribution in [0.1, 0.15) is 38.3 Å². The SMILES string of the molecule is CCCCN1C(=O)N[C@@H](c2ccc(F)cc2F)C(C(=O)OC)=C1C. The van der Waals surface area contributed by atoms with E-state index in [1.807, 2.05) is 6.92 Å². The summed E-state index contributed by atoms with van der Waals surface area (Å²) in [6, 6.07) is 1.56. The molecule has 1 aromatic carbocycles. The maximum atomic E-state index is 14.2. The summed E-state index contributed by atoms with van der Waals surface area (Å²) < 4.78 is 32.1. The third-order valence-corrected chi connectivity index (χ3v) is 4.01. The minimum absolute atomic E-state index is 0.0136. The van der Waals surface area contributed by atoms with Gasteiger partial charge in [-0.3, -0.25) is 4.90 Å². The fourth-order valence-corrected chi connectivity index (χ4v) is 2.71. The van der Waals surface area contributed by atoms with Gasteiger partial charge in [-0.25, -0.2) is 18.4 Å². The van der Waals surface area contributed by atoms with Gasteiger partial charge in [-0.15, -0.1) is 0 Å². The molecule has 0 aromatic heterocycles. The molecule has 0 bridgehead atoms. The molecule has 1 heterocycles. The van der Waals surface area contributed by atoms with Crippen LogP contribution in [0.2, 0.25) is 0 Å². The molecule has 0 saturated carbocycles. The van der Waals surface area contributed by atoms with Crippen molar-refractivity contribution in [3.05, 3.63) is 46.7 Å². The van der Waals surface area contributed by atoms with Crippen molar-refractivity contribution in [1.29, 1.82) is 0 Å². The number of benzene rings is 1. The molecule has 7 heteroatoms. The lowest BCUT2D eigenvalue weighted by Gasteiger charge is -2.35. The lowest BCUT2D eigenvalue weighted by Crippen LogP contribution is -2.48. The third kappa shape index (κ3) is 3.39. The summed E-state index contributed by atoms with van der Waals surface area (Å²) in [5.41, 5.74) is 0.561. The standard InChI is InChI=1S/C17H20F2N2O3/c1-4-5-8-21-10(2)14(16(22)24-3)15(20-17(21)23)12-7-6-11(18)9-13(12)19/h6-7,9,15H,4-5,8H2,1-3H3,(H,20,23)/t15-/m0/s1. The quantitative estimate of drug-likeness (QED) is 0.838. The summed E-state index contributed by atoms with van der Waals surface area (Å²) in [6.07, 6.45) is 1.63. The number of rotatable bonds is 5. The molecule has 0 spiro atoms. The molecule has 1 aliphatic heterocycles. The first-order chi connectivity index (χ1) is 11.4. The van der Waals surface area contributed by atoms with Crippen LogP contribution < -0.4 is 5.32 Å². The van der Waals surface area contributed by atoms with E-state index in [0.717, 1.165) is 25.0 Å². The number of halogens is 2. The second-order valence-electron chi connectivity index (χ2n) is 5.54. The summed E-state index contributed by atoms with van der Waals surface area (Å²) in [6.45, 7) is 4.04. The number of nitrogens with zero attached hydrogens (tertiary/aromatic N) is 1. The highest BCUT2D eigenvalue weighted by Gasteiger charge is 2.37. The maximum absolute atomic E-state index is 14.2. The maximum Gasteiger partial charge on any atom is 0.337 e. The zero-order valence-corrected chi connectivity index (χ0v) is 13.9. The zero-order valence-electron chi connectivity index (χ0n) is 13.9. The minimum atomic E-state index is -1.02. The number of allylic oxidation sites excluding steroid dienone is 1. The Morgan fingerprint density at radius 2 is 2.08 bits per heavy atom. The first-order valence-electron chi connectivity index (χ1n) is 7.72. The first-order valence-corrected chi connectivity index (χ1v) is 7.72. The van der Waals surface area contributed by atoms with Crippen molar-refractivity contribution in [3.8, 4) is 0 Å². The average Bonchev–Trinajstić information content (AvgIpc) is 2.53. The lowest BCUT2D eigenvalue weighted by atomic mass is 9.94. The number of methoxy groups -OCH3 is 1. The highest BCUT2D eigenvalue weighted by molar-refractivity contribution is 5.95. The van der Waals surface area contributed by atoms with Crippen LogP contribution in [0.5, 0.6) is 0 Å². The van der Waals surface area contributed by atoms with Crippen LogP contribution >= 0.6 is 0 Å². The molecule has 0 saturated heterocycles. The monoisotopic (exact) mass is 338 g/mol. The summed E-state index contributed by atoms with van der Waals surface area (Å²) in [7, 11) is 1.22. The van der Waals surface area contributed by atoms with Gasteiger partial charge < -0.3 is 10.1 Å². The molecule has 1 N–H and O–H groups in total. The molecule has 1 aliphatic rings. The summed E-state index contributed by atoms with van der Waals surface area (Å²) in [5.74, 6) is -2.23. The molecule has 0 radical (unpaired) electrons. The number of hydrogen-bond donors (Lipinski definition) is 1. The number of carbonyl (C=O) groups excluding carboxylic acids is 2. The van der Waals surface area contributed by atoms with E-state index < -0.39 is 29.7 Å². The van der Waals surface area contributed by atoms with Crippen molar-refractivity contribution in [1.82, 2.24) is 10.2 Å². The van der Waals surface area contributed by atoms with Crippen molar-refractivity contribution >= 4 is 12.0 Å². The van der Waals surface area contributed by atoms with Crippen LogP contribution in [0.3, 0.4) is 0 Å². The zero-order chi connectivity index (χ0) is 17.9. The van der Waals surface area contributed by atoms with Gasteiger partial charge >= 0.3 is 12.0 Å². The van der Waals surface area contributed by atoms with Gasteiger partial charge in [-0.2, -0.15) is 0 Å². The second-order valence-corrected chi connectivity index (χ2v) is 5.54. The highest BCUT2D eigenvalue weighted by Crippen LogP contribution is 2.32. The van der Waals surface area contributed by atoms with E-state index >= 15 is 0 Å². The fraction of sp³-hybridized carbons (Fsp3) is 0.412. The molecule has 1 atom stereocenters. The van der Waals surface area contributed by atoms with E-state index in [2.05, 4.69) is 5.32 Å². The summed E-state index contributed by atoms with van der Waals surface area (Å²) in [5, 5.41) is 2.61. The molecule has 0 aliphatic carbocycles. The minimum Gasteiger partial charge on any atom is -0.466 e. The van der Waals surface area contributed by atoms with Crippen molar-refractivity contribution in [2.45, 2.75) is 32.7 Å². The molecule has 2 amide bonds. The van der Waals surface area contributed by atoms with Gasteiger partial charge in [-0.05, 0) is 19.4 Å². The number of esters is 1. The average molecular weight is 338 g/mol. The molecular weight excluding hydrogens is 318 g/mol. The Labute approximate surface area is 139 Å². The molecule has 130 valence electrons. The van der Waals surface area contributed by atoms with Gasteiger partial charge in [0.05, 0.1) is 18.7 Å². The fourth-order valence-electron chi connectivity index (χ4n) is 2.71. The second kappa shape index (κ2) is 7.42. The Balaban J connectivity index is 2.52. The van der Waals surface area contributed by atoms with Crippen molar-refractivity contribution in [2.24, 2.45) is 0 Å². The molecule has 2 rings (SSSR count). The smallest absolute Gasteiger partial charge is 0.337 e. The largest absolute Gasteiger partial charge is 0.466 e. The number of ether oxygens (including phenoxy) is 1. The summed E-state index contributed by atoms with van der Waals surface area (Å²) in [4.78, 5) is 26.0. The van der Waals surface area contributed by atoms with E-state index in [-0.39, 0.29) is 11.1 Å². The van der Waals surface area contributed by atoms with Gasteiger partial charge in [0.25, 0.3) is 0 Å². The molecular formula is C17H20F2N2O3. The number of urea groups is 1. The van der Waals surface area contributed by atoms with Gasteiger partial charge in [0.2, 0.25) is 0 Å².